The van der Waals surface area contributed by atoms with Crippen LogP contribution in [0.25, 0.3) is 0 Å². The summed E-state index contributed by atoms with van der Waals surface area (Å²) >= 11 is 12.4. The zero-order valence-corrected chi connectivity index (χ0v) is 15.6. The molecule has 5 heteroatoms. The van der Waals surface area contributed by atoms with Gasteiger partial charge in [0.2, 0.25) is 0 Å². The van der Waals surface area contributed by atoms with Gasteiger partial charge in [0, 0.05) is 22.7 Å². The number of nitrogens with one attached hydrogen (secondary N) is 1. The lowest BCUT2D eigenvalue weighted by molar-refractivity contribution is 0.284. The molecule has 2 aromatic carbocycles. The van der Waals surface area contributed by atoms with Crippen LogP contribution in [0.4, 0.5) is 0 Å². The number of methoxy groups -OCH3 is 1. The van der Waals surface area contributed by atoms with E-state index in [4.69, 9.17) is 32.7 Å². The van der Waals surface area contributed by atoms with E-state index in [-0.39, 0.29) is 0 Å². The van der Waals surface area contributed by atoms with Gasteiger partial charge in [0.25, 0.3) is 0 Å². The Balaban J connectivity index is 2.05. The molecule has 0 saturated heterocycles. The van der Waals surface area contributed by atoms with Crippen LogP contribution >= 0.6 is 23.2 Å². The zero-order valence-electron chi connectivity index (χ0n) is 14.1. The fourth-order valence-corrected chi connectivity index (χ4v) is 2.73. The summed E-state index contributed by atoms with van der Waals surface area (Å²) in [5, 5.41) is 4.74. The summed E-state index contributed by atoms with van der Waals surface area (Å²) in [7, 11) is 1.63. The molecule has 0 unspecified atom stereocenters. The van der Waals surface area contributed by atoms with E-state index in [1.807, 2.05) is 36.4 Å². The van der Waals surface area contributed by atoms with Crippen molar-refractivity contribution in [1.82, 2.24) is 5.32 Å². The Bertz CT molecular complexity index is 662. The standard InChI is InChI=1S/C19H23Cl2NO2/c1-3-4-8-22-12-15-10-18(23-2)19(11-17(15)21)24-13-14-6-5-7-16(20)9-14/h5-7,9-11,22H,3-4,8,12-13H2,1-2H3. The fourth-order valence-electron chi connectivity index (χ4n) is 2.30. The molecule has 3 nitrogen and oxygen atoms in total. The Morgan fingerprint density at radius 3 is 2.62 bits per heavy atom. The second-order valence-electron chi connectivity index (χ2n) is 5.54. The van der Waals surface area contributed by atoms with Crippen LogP contribution in [0.5, 0.6) is 11.5 Å². The van der Waals surface area contributed by atoms with Crippen molar-refractivity contribution in [2.75, 3.05) is 13.7 Å². The van der Waals surface area contributed by atoms with Crippen LogP contribution in [0, 0.1) is 0 Å². The summed E-state index contributed by atoms with van der Waals surface area (Å²) in [5.41, 5.74) is 1.99. The normalized spacial score (nSPS) is 10.7. The molecular weight excluding hydrogens is 345 g/mol. The molecule has 2 aromatic rings. The second-order valence-corrected chi connectivity index (χ2v) is 6.39. The Hall–Kier alpha value is -1.42. The highest BCUT2D eigenvalue weighted by Gasteiger charge is 2.11. The molecule has 1 N–H and O–H groups in total. The van der Waals surface area contributed by atoms with E-state index in [1.54, 1.807) is 7.11 Å². The van der Waals surface area contributed by atoms with Crippen LogP contribution in [0.1, 0.15) is 30.9 Å². The molecule has 0 radical (unpaired) electrons. The predicted molar refractivity (Wildman–Crippen MR) is 100 cm³/mol. The van der Waals surface area contributed by atoms with Crippen LogP contribution in [0.15, 0.2) is 36.4 Å². The molecule has 0 aromatic heterocycles. The zero-order chi connectivity index (χ0) is 17.4. The molecule has 0 fully saturated rings. The average molecular weight is 368 g/mol. The molecule has 0 aliphatic heterocycles. The Kier molecular flexibility index (Phi) is 7.70. The smallest absolute Gasteiger partial charge is 0.163 e. The molecule has 130 valence electrons. The minimum atomic E-state index is 0.404. The lowest BCUT2D eigenvalue weighted by atomic mass is 10.2. The molecule has 0 amide bonds. The van der Waals surface area contributed by atoms with Gasteiger partial charge in [0.1, 0.15) is 6.61 Å². The largest absolute Gasteiger partial charge is 0.493 e. The molecule has 2 rings (SSSR count). The number of ether oxygens (including phenoxy) is 2. The maximum atomic E-state index is 6.38. The molecule has 24 heavy (non-hydrogen) atoms. The molecule has 0 heterocycles. The van der Waals surface area contributed by atoms with E-state index in [0.29, 0.717) is 34.7 Å². The average Bonchev–Trinajstić information content (AvgIpc) is 2.58. The highest BCUT2D eigenvalue weighted by Crippen LogP contribution is 2.34. The molecule has 0 saturated carbocycles. The molecule has 0 aliphatic rings. The lowest BCUT2D eigenvalue weighted by Crippen LogP contribution is -2.14. The number of halogens is 2. The SMILES string of the molecule is CCCCNCc1cc(OC)c(OCc2cccc(Cl)c2)cc1Cl. The minimum Gasteiger partial charge on any atom is -0.493 e. The van der Waals surface area contributed by atoms with Crippen molar-refractivity contribution in [3.63, 3.8) is 0 Å². The predicted octanol–water partition coefficient (Wildman–Crippen LogP) is 5.47. The molecule has 0 atom stereocenters. The summed E-state index contributed by atoms with van der Waals surface area (Å²) in [4.78, 5) is 0. The van der Waals surface area contributed by atoms with Crippen molar-refractivity contribution < 1.29 is 9.47 Å². The van der Waals surface area contributed by atoms with Crippen molar-refractivity contribution in [3.8, 4) is 11.5 Å². The minimum absolute atomic E-state index is 0.404. The third-order valence-electron chi connectivity index (χ3n) is 3.64. The van der Waals surface area contributed by atoms with Gasteiger partial charge in [0.15, 0.2) is 11.5 Å². The van der Waals surface area contributed by atoms with Gasteiger partial charge in [-0.2, -0.15) is 0 Å². The molecule has 0 bridgehead atoms. The number of benzene rings is 2. The number of hydrogen-bond acceptors (Lipinski definition) is 3. The van der Waals surface area contributed by atoms with E-state index in [0.717, 1.165) is 24.1 Å². The lowest BCUT2D eigenvalue weighted by Gasteiger charge is -2.14. The fraction of sp³-hybridized carbons (Fsp3) is 0.368. The number of rotatable bonds is 9. The molecule has 0 aliphatic carbocycles. The highest BCUT2D eigenvalue weighted by atomic mass is 35.5. The first-order valence-electron chi connectivity index (χ1n) is 8.08. The van der Waals surface area contributed by atoms with E-state index in [9.17, 15) is 0 Å². The quantitative estimate of drug-likeness (QED) is 0.596. The maximum absolute atomic E-state index is 6.38. The van der Waals surface area contributed by atoms with Gasteiger partial charge >= 0.3 is 0 Å². The van der Waals surface area contributed by atoms with Crippen molar-refractivity contribution >= 4 is 23.2 Å². The van der Waals surface area contributed by atoms with E-state index >= 15 is 0 Å². The van der Waals surface area contributed by atoms with Gasteiger partial charge in [-0.3, -0.25) is 0 Å². The van der Waals surface area contributed by atoms with Crippen LogP contribution in [-0.2, 0) is 13.2 Å². The number of unbranched alkanes of at least 4 members (excludes halogenated alkanes) is 1. The van der Waals surface area contributed by atoms with E-state index in [1.165, 1.54) is 6.42 Å². The van der Waals surface area contributed by atoms with Gasteiger partial charge in [-0.05, 0) is 42.3 Å². The Labute approximate surface area is 153 Å². The summed E-state index contributed by atoms with van der Waals surface area (Å²) in [5.74, 6) is 1.30. The maximum Gasteiger partial charge on any atom is 0.163 e. The summed E-state index contributed by atoms with van der Waals surface area (Å²) in [6.07, 6.45) is 2.32. The van der Waals surface area contributed by atoms with Crippen LogP contribution < -0.4 is 14.8 Å². The first-order valence-corrected chi connectivity index (χ1v) is 8.84. The third-order valence-corrected chi connectivity index (χ3v) is 4.23. The summed E-state index contributed by atoms with van der Waals surface area (Å²) in [6.45, 7) is 4.26. The second kappa shape index (κ2) is 9.77. The molecule has 0 spiro atoms. The summed E-state index contributed by atoms with van der Waals surface area (Å²) in [6, 6.07) is 11.3. The van der Waals surface area contributed by atoms with Crippen molar-refractivity contribution in [2.45, 2.75) is 32.9 Å². The van der Waals surface area contributed by atoms with E-state index < -0.39 is 0 Å². The highest BCUT2D eigenvalue weighted by molar-refractivity contribution is 6.31. The first kappa shape index (κ1) is 18.9. The van der Waals surface area contributed by atoms with Crippen molar-refractivity contribution in [3.05, 3.63) is 57.6 Å². The van der Waals surface area contributed by atoms with Crippen LogP contribution in [-0.4, -0.2) is 13.7 Å². The van der Waals surface area contributed by atoms with E-state index in [2.05, 4.69) is 12.2 Å². The topological polar surface area (TPSA) is 30.5 Å². The Morgan fingerprint density at radius 2 is 1.92 bits per heavy atom. The van der Waals surface area contributed by atoms with Gasteiger partial charge in [-0.15, -0.1) is 0 Å². The molecular formula is C19H23Cl2NO2. The van der Waals surface area contributed by atoms with Gasteiger partial charge < -0.3 is 14.8 Å². The van der Waals surface area contributed by atoms with Crippen LogP contribution in [0.3, 0.4) is 0 Å². The van der Waals surface area contributed by atoms with Gasteiger partial charge in [-0.1, -0.05) is 48.7 Å². The van der Waals surface area contributed by atoms with Gasteiger partial charge in [-0.25, -0.2) is 0 Å². The monoisotopic (exact) mass is 367 g/mol. The Morgan fingerprint density at radius 1 is 1.08 bits per heavy atom. The first-order chi connectivity index (χ1) is 11.6. The van der Waals surface area contributed by atoms with Crippen molar-refractivity contribution in [2.24, 2.45) is 0 Å². The number of hydrogen-bond donors (Lipinski definition) is 1. The van der Waals surface area contributed by atoms with Crippen LogP contribution in [0.2, 0.25) is 10.0 Å². The third kappa shape index (κ3) is 5.59. The van der Waals surface area contributed by atoms with Crippen molar-refractivity contribution in [1.29, 1.82) is 0 Å². The summed E-state index contributed by atoms with van der Waals surface area (Å²) < 4.78 is 11.3. The van der Waals surface area contributed by atoms with Gasteiger partial charge in [0.05, 0.1) is 7.11 Å².